The third kappa shape index (κ3) is 4.06. The van der Waals surface area contributed by atoms with Crippen LogP contribution in [0, 0.1) is 0 Å². The Morgan fingerprint density at radius 2 is 0.704 bits per heavy atom. The van der Waals surface area contributed by atoms with Gasteiger partial charge in [0.1, 0.15) is 0 Å². The molecule has 0 saturated heterocycles. The predicted molar refractivity (Wildman–Crippen MR) is 117 cm³/mol. The summed E-state index contributed by atoms with van der Waals surface area (Å²) in [6, 6.07) is 43.5. The van der Waals surface area contributed by atoms with Crippen LogP contribution in [0.25, 0.3) is 0 Å². The van der Waals surface area contributed by atoms with Gasteiger partial charge in [0, 0.05) is 0 Å². The zero-order valence-electron chi connectivity index (χ0n) is 14.9. The van der Waals surface area contributed by atoms with Crippen LogP contribution in [0.3, 0.4) is 0 Å². The zero-order valence-corrected chi connectivity index (χ0v) is 17.6. The molecule has 0 aliphatic rings. The topological polar surface area (TPSA) is 0 Å². The van der Waals surface area contributed by atoms with Gasteiger partial charge in [0.2, 0.25) is 0 Å². The van der Waals surface area contributed by atoms with Crippen LogP contribution >= 0.6 is 6.89 Å². The van der Waals surface area contributed by atoms with Gasteiger partial charge >= 0.3 is 19.5 Å². The molecule has 0 atom stereocenters. The molecule has 0 amide bonds. The molecule has 4 aromatic carbocycles. The van der Waals surface area contributed by atoms with Crippen LogP contribution in [0.15, 0.2) is 121 Å². The Kier molecular flexibility index (Phi) is 6.62. The molecule has 0 N–H and O–H groups in total. The molecule has 2 heteroatoms. The Bertz CT molecular complexity index is 907. The summed E-state index contributed by atoms with van der Waals surface area (Å²) in [7, 11) is 0. The molecule has 0 unspecified atom stereocenters. The van der Waals surface area contributed by atoms with Gasteiger partial charge in [0.05, 0.1) is 0 Å². The van der Waals surface area contributed by atoms with Crippen molar-refractivity contribution in [3.63, 3.8) is 0 Å². The molecule has 4 aromatic rings. The van der Waals surface area contributed by atoms with Gasteiger partial charge in [0.15, 0.2) is 0 Å². The summed E-state index contributed by atoms with van der Waals surface area (Å²) in [6.07, 6.45) is 0. The summed E-state index contributed by atoms with van der Waals surface area (Å²) in [5.41, 5.74) is 1.26. The van der Waals surface area contributed by atoms with Crippen LogP contribution < -0.4 is 15.9 Å². The minimum Gasteiger partial charge on any atom is -0.0622 e. The van der Waals surface area contributed by atoms with Crippen LogP contribution in [0.5, 0.6) is 0 Å². The Morgan fingerprint density at radius 3 is 1.04 bits per heavy atom. The fourth-order valence-corrected chi connectivity index (χ4v) is 7.31. The van der Waals surface area contributed by atoms with Crippen molar-refractivity contribution >= 4 is 28.6 Å². The Morgan fingerprint density at radius 1 is 0.407 bits per heavy atom. The van der Waals surface area contributed by atoms with Crippen LogP contribution in [0.4, 0.5) is 0 Å². The summed E-state index contributed by atoms with van der Waals surface area (Å²) < 4.78 is 0. The Labute approximate surface area is 174 Å². The molecule has 0 saturated carbocycles. The maximum Gasteiger partial charge on any atom is 2.00 e. The molecule has 0 nitrogen and oxygen atoms in total. The van der Waals surface area contributed by atoms with Gasteiger partial charge < -0.3 is 0 Å². The van der Waals surface area contributed by atoms with E-state index in [9.17, 15) is 0 Å². The van der Waals surface area contributed by atoms with Gasteiger partial charge in [-0.3, -0.25) is 0 Å². The van der Waals surface area contributed by atoms with Crippen molar-refractivity contribution in [2.45, 2.75) is 0 Å². The SMILES string of the molecule is C(c1ccccc1)=P(c1ccccc1)(c1ccccc1)c1ccccc1.[Ru+2]. The molecule has 4 rings (SSSR count). The Balaban J connectivity index is 0.00000210. The van der Waals surface area contributed by atoms with Crippen LogP contribution in [-0.4, -0.2) is 5.80 Å². The fourth-order valence-electron chi connectivity index (χ4n) is 3.42. The normalized spacial score (nSPS) is 10.7. The third-order valence-electron chi connectivity index (χ3n) is 4.63. The van der Waals surface area contributed by atoms with Crippen LogP contribution in [0.1, 0.15) is 5.56 Å². The van der Waals surface area contributed by atoms with E-state index in [2.05, 4.69) is 127 Å². The summed E-state index contributed by atoms with van der Waals surface area (Å²) in [5.74, 6) is 2.49. The number of hydrogen-bond donors (Lipinski definition) is 0. The molecule has 132 valence electrons. The van der Waals surface area contributed by atoms with Crippen molar-refractivity contribution in [1.82, 2.24) is 0 Å². The van der Waals surface area contributed by atoms with Gasteiger partial charge in [-0.15, -0.1) is 0 Å². The standard InChI is InChI=1S/C25H21P.Ru/c1-5-13-22(14-6-1)21-26(23-15-7-2-8-16-23,24-17-9-3-10-18-24)25-19-11-4-12-20-25;/h1-21H;/q;+2. The molecular weight excluding hydrogens is 432 g/mol. The minimum atomic E-state index is -1.90. The molecule has 0 radical (unpaired) electrons. The first kappa shape index (κ1) is 19.6. The second kappa shape index (κ2) is 9.14. The van der Waals surface area contributed by atoms with E-state index >= 15 is 0 Å². The molecule has 0 aromatic heterocycles. The molecule has 0 aliphatic carbocycles. The summed E-state index contributed by atoms with van der Waals surface area (Å²) >= 11 is 0. The second-order valence-electron chi connectivity index (χ2n) is 6.27. The van der Waals surface area contributed by atoms with E-state index in [1.54, 1.807) is 0 Å². The molecular formula is C25H21PRu+2. The number of benzene rings is 4. The van der Waals surface area contributed by atoms with Crippen molar-refractivity contribution in [2.75, 3.05) is 0 Å². The minimum absolute atomic E-state index is 0. The average molecular weight is 453 g/mol. The monoisotopic (exact) mass is 454 g/mol. The van der Waals surface area contributed by atoms with E-state index in [1.165, 1.54) is 21.5 Å². The van der Waals surface area contributed by atoms with E-state index in [4.69, 9.17) is 0 Å². The van der Waals surface area contributed by atoms with Crippen molar-refractivity contribution in [1.29, 1.82) is 0 Å². The maximum absolute atomic E-state index is 2.49. The van der Waals surface area contributed by atoms with E-state index < -0.39 is 6.89 Å². The van der Waals surface area contributed by atoms with Gasteiger partial charge in [-0.2, -0.15) is 0 Å². The maximum atomic E-state index is 2.49. The first-order valence-electron chi connectivity index (χ1n) is 8.86. The van der Waals surface area contributed by atoms with E-state index in [1.807, 2.05) is 0 Å². The first-order valence-corrected chi connectivity index (χ1v) is 10.7. The molecule has 0 aliphatic heterocycles. The number of rotatable bonds is 4. The molecule has 0 heterocycles. The molecule has 0 bridgehead atoms. The average Bonchev–Trinajstić information content (AvgIpc) is 2.75. The van der Waals surface area contributed by atoms with Gasteiger partial charge in [-0.05, 0) is 34.2 Å². The third-order valence-corrected chi connectivity index (χ3v) is 8.66. The van der Waals surface area contributed by atoms with E-state index in [-0.39, 0.29) is 19.5 Å². The van der Waals surface area contributed by atoms with E-state index in [0.717, 1.165) is 0 Å². The quantitative estimate of drug-likeness (QED) is 0.307. The summed E-state index contributed by atoms with van der Waals surface area (Å²) in [5, 5.41) is 4.13. The number of hydrogen-bond acceptors (Lipinski definition) is 0. The van der Waals surface area contributed by atoms with Crippen molar-refractivity contribution < 1.29 is 19.5 Å². The van der Waals surface area contributed by atoms with Crippen molar-refractivity contribution in [3.05, 3.63) is 127 Å². The van der Waals surface area contributed by atoms with Gasteiger partial charge in [-0.25, -0.2) is 0 Å². The largest absolute Gasteiger partial charge is 2.00 e. The summed E-state index contributed by atoms with van der Waals surface area (Å²) in [4.78, 5) is 0. The smallest absolute Gasteiger partial charge is 0.0622 e. The summed E-state index contributed by atoms with van der Waals surface area (Å²) in [6.45, 7) is -1.90. The predicted octanol–water partition coefficient (Wildman–Crippen LogP) is 4.83. The first-order chi connectivity index (χ1) is 12.9. The Hall–Kier alpha value is -2.20. The van der Waals surface area contributed by atoms with Crippen molar-refractivity contribution in [3.8, 4) is 0 Å². The van der Waals surface area contributed by atoms with Crippen LogP contribution in [-0.2, 0) is 19.5 Å². The molecule has 27 heavy (non-hydrogen) atoms. The van der Waals surface area contributed by atoms with Gasteiger partial charge in [0.25, 0.3) is 0 Å². The molecule has 0 fully saturated rings. The van der Waals surface area contributed by atoms with Crippen LogP contribution in [0.2, 0.25) is 0 Å². The zero-order chi connectivity index (χ0) is 17.7. The van der Waals surface area contributed by atoms with Gasteiger partial charge in [-0.1, -0.05) is 121 Å². The second-order valence-corrected chi connectivity index (χ2v) is 9.52. The van der Waals surface area contributed by atoms with E-state index in [0.29, 0.717) is 0 Å². The fraction of sp³-hybridized carbons (Fsp3) is 0. The van der Waals surface area contributed by atoms with Crippen molar-refractivity contribution in [2.24, 2.45) is 0 Å². The molecule has 0 spiro atoms.